The van der Waals surface area contributed by atoms with Gasteiger partial charge in [-0.3, -0.25) is 4.79 Å². The van der Waals surface area contributed by atoms with E-state index in [0.29, 0.717) is 29.9 Å². The van der Waals surface area contributed by atoms with Crippen LogP contribution in [0.5, 0.6) is 5.88 Å². The highest BCUT2D eigenvalue weighted by molar-refractivity contribution is 5.96. The predicted octanol–water partition coefficient (Wildman–Crippen LogP) is 3.97. The number of nitrogens with one attached hydrogen (secondary N) is 2. The molecule has 0 aliphatic heterocycles. The van der Waals surface area contributed by atoms with Crippen LogP contribution in [0.1, 0.15) is 70.2 Å². The van der Waals surface area contributed by atoms with Crippen molar-refractivity contribution in [3.63, 3.8) is 0 Å². The lowest BCUT2D eigenvalue weighted by Gasteiger charge is -2.44. The van der Waals surface area contributed by atoms with Crippen molar-refractivity contribution in [3.05, 3.63) is 17.8 Å². The summed E-state index contributed by atoms with van der Waals surface area (Å²) >= 11 is 0. The van der Waals surface area contributed by atoms with Crippen molar-refractivity contribution in [2.24, 2.45) is 23.7 Å². The molecule has 2 aliphatic rings. The molecule has 2 fully saturated rings. The number of hydrogen-bond acceptors (Lipinski definition) is 6. The van der Waals surface area contributed by atoms with Crippen molar-refractivity contribution in [1.82, 2.24) is 20.4 Å². The zero-order valence-corrected chi connectivity index (χ0v) is 20.8. The Morgan fingerprint density at radius 1 is 1.32 bits per heavy atom. The lowest BCUT2D eigenvalue weighted by molar-refractivity contribution is 0.0727. The van der Waals surface area contributed by atoms with E-state index in [2.05, 4.69) is 26.5 Å². The second kappa shape index (κ2) is 10.9. The number of carbonyl (C=O) groups is 2. The van der Waals surface area contributed by atoms with Crippen LogP contribution in [-0.4, -0.2) is 47.1 Å². The number of nitrogens with zero attached hydrogens (tertiary/aromatic N) is 3. The van der Waals surface area contributed by atoms with Gasteiger partial charge in [0.05, 0.1) is 31.5 Å². The van der Waals surface area contributed by atoms with Crippen molar-refractivity contribution in [2.45, 2.75) is 71.4 Å². The van der Waals surface area contributed by atoms with E-state index in [4.69, 9.17) is 4.74 Å². The molecule has 0 aromatic carbocycles. The zero-order valence-electron chi connectivity index (χ0n) is 20.8. The van der Waals surface area contributed by atoms with Gasteiger partial charge in [0.2, 0.25) is 5.88 Å². The predicted molar refractivity (Wildman–Crippen MR) is 128 cm³/mol. The molecule has 2 unspecified atom stereocenters. The molecule has 186 valence electrons. The van der Waals surface area contributed by atoms with Crippen LogP contribution in [0.2, 0.25) is 0 Å². The molecule has 2 N–H and O–H groups in total. The molecule has 2 saturated carbocycles. The molecule has 1 aromatic rings. The van der Waals surface area contributed by atoms with E-state index in [1.807, 2.05) is 27.7 Å². The van der Waals surface area contributed by atoms with Crippen molar-refractivity contribution in [3.8, 4) is 11.9 Å². The minimum atomic E-state index is -0.701. The van der Waals surface area contributed by atoms with E-state index in [-0.39, 0.29) is 23.8 Å². The second-order valence-corrected chi connectivity index (χ2v) is 10.4. The molecule has 2 amide bonds. The third-order valence-corrected chi connectivity index (χ3v) is 6.61. The smallest absolute Gasteiger partial charge is 0.407 e. The Hall–Kier alpha value is -3.02. The normalized spacial score (nSPS) is 24.5. The van der Waals surface area contributed by atoms with Gasteiger partial charge < -0.3 is 20.1 Å². The van der Waals surface area contributed by atoms with Gasteiger partial charge in [-0.2, -0.15) is 10.4 Å². The molecule has 0 radical (unpaired) electrons. The van der Waals surface area contributed by atoms with Crippen LogP contribution in [0.4, 0.5) is 4.79 Å². The summed E-state index contributed by atoms with van der Waals surface area (Å²) in [6, 6.07) is 2.51. The van der Waals surface area contributed by atoms with Gasteiger partial charge >= 0.3 is 6.09 Å². The monoisotopic (exact) mass is 471 g/mol. The maximum Gasteiger partial charge on any atom is 0.407 e. The number of ether oxygens (including phenoxy) is 2. The maximum atomic E-state index is 13.4. The van der Waals surface area contributed by atoms with Gasteiger partial charge in [-0.05, 0) is 63.4 Å². The molecular formula is C25H37N5O4. The van der Waals surface area contributed by atoms with Gasteiger partial charge in [0.25, 0.3) is 5.91 Å². The average Bonchev–Trinajstić information content (AvgIpc) is 3.18. The van der Waals surface area contributed by atoms with Gasteiger partial charge in [-0.25, -0.2) is 9.48 Å². The summed E-state index contributed by atoms with van der Waals surface area (Å²) in [6.45, 7) is 8.15. The number of nitriles is 1. The lowest BCUT2D eigenvalue weighted by atomic mass is 9.65. The summed E-state index contributed by atoms with van der Waals surface area (Å²) in [4.78, 5) is 25.0. The molecule has 1 heterocycles. The molecule has 3 rings (SSSR count). The minimum Gasteiger partial charge on any atom is -0.477 e. The molecule has 9 heteroatoms. The maximum absolute atomic E-state index is 13.4. The number of methoxy groups -OCH3 is 1. The molecule has 9 nitrogen and oxygen atoms in total. The van der Waals surface area contributed by atoms with Crippen LogP contribution >= 0.6 is 0 Å². The van der Waals surface area contributed by atoms with Crippen molar-refractivity contribution >= 4 is 18.2 Å². The fraction of sp³-hybridized carbons (Fsp3) is 0.680. The van der Waals surface area contributed by atoms with Gasteiger partial charge in [0.15, 0.2) is 0 Å². The first-order chi connectivity index (χ1) is 16.1. The highest BCUT2D eigenvalue weighted by Gasteiger charge is 2.41. The molecular weight excluding hydrogens is 434 g/mol. The number of alkyl carbamates (subject to hydrolysis) is 1. The van der Waals surface area contributed by atoms with Crippen LogP contribution in [0, 0.1) is 35.0 Å². The van der Waals surface area contributed by atoms with Crippen LogP contribution in [0.3, 0.4) is 0 Å². The van der Waals surface area contributed by atoms with Crippen LogP contribution in [0.25, 0.3) is 6.20 Å². The Labute approximate surface area is 201 Å². The summed E-state index contributed by atoms with van der Waals surface area (Å²) in [6.07, 6.45) is 9.35. The molecule has 2 atom stereocenters. The second-order valence-electron chi connectivity index (χ2n) is 10.4. The first-order valence-corrected chi connectivity index (χ1v) is 12.1. The van der Waals surface area contributed by atoms with E-state index in [1.54, 1.807) is 12.3 Å². The molecule has 34 heavy (non-hydrogen) atoms. The summed E-state index contributed by atoms with van der Waals surface area (Å²) in [5.41, 5.74) is -0.322. The third-order valence-electron chi connectivity index (χ3n) is 6.61. The Kier molecular flexibility index (Phi) is 8.24. The summed E-state index contributed by atoms with van der Waals surface area (Å²) in [7, 11) is 1.31. The highest BCUT2D eigenvalue weighted by Crippen LogP contribution is 2.42. The fourth-order valence-electron chi connectivity index (χ4n) is 4.93. The topological polar surface area (TPSA) is 118 Å². The molecule has 2 bridgehead atoms. The zero-order chi connectivity index (χ0) is 24.9. The summed E-state index contributed by atoms with van der Waals surface area (Å²) < 4.78 is 12.2. The summed E-state index contributed by atoms with van der Waals surface area (Å²) in [5, 5.41) is 19.7. The number of aromatic nitrogens is 2. The van der Waals surface area contributed by atoms with Gasteiger partial charge in [0, 0.05) is 18.2 Å². The lowest BCUT2D eigenvalue weighted by Crippen LogP contribution is -2.51. The molecule has 1 aromatic heterocycles. The number of hydrogen-bond donors (Lipinski definition) is 2. The van der Waals surface area contributed by atoms with Crippen molar-refractivity contribution < 1.29 is 19.1 Å². The standard InChI is InChI=1S/C25H37N5O4/c1-16(2)15-34-23-20(14-27-30(23)10-9-25(3,4)29-24(32)33-5)22(31)28-21-18-7-6-8-19(21)12-17(11-18)13-26/h9-10,14,16-19,21H,6-8,11-12,15H2,1-5H3,(H,28,31)(H,29,32)/b10-9+. The molecule has 0 saturated heterocycles. The minimum absolute atomic E-state index is 0.0749. The SMILES string of the molecule is COC(=O)NC(C)(C)/C=C/n1ncc(C(=O)NC2C3CCCC2CC(C#N)C3)c1OCC(C)C. The Morgan fingerprint density at radius 3 is 2.59 bits per heavy atom. The number of amides is 2. The van der Waals surface area contributed by atoms with Crippen LogP contribution in [0.15, 0.2) is 12.3 Å². The number of rotatable bonds is 8. The van der Waals surface area contributed by atoms with Gasteiger partial charge in [-0.15, -0.1) is 0 Å². The Morgan fingerprint density at radius 2 is 2.00 bits per heavy atom. The quantitative estimate of drug-likeness (QED) is 0.592. The van der Waals surface area contributed by atoms with Crippen molar-refractivity contribution in [1.29, 1.82) is 5.26 Å². The molecule has 0 spiro atoms. The van der Waals surface area contributed by atoms with E-state index in [9.17, 15) is 14.9 Å². The van der Waals surface area contributed by atoms with E-state index in [0.717, 1.165) is 32.1 Å². The third kappa shape index (κ3) is 6.31. The Balaban J connectivity index is 1.80. The fourth-order valence-corrected chi connectivity index (χ4v) is 4.93. The first-order valence-electron chi connectivity index (χ1n) is 12.1. The highest BCUT2D eigenvalue weighted by atomic mass is 16.5. The van der Waals surface area contributed by atoms with Gasteiger partial charge in [-0.1, -0.05) is 20.3 Å². The first kappa shape index (κ1) is 25.6. The summed E-state index contributed by atoms with van der Waals surface area (Å²) in [5.74, 6) is 1.18. The number of carbonyl (C=O) groups excluding carboxylic acids is 2. The van der Waals surface area contributed by atoms with E-state index in [1.165, 1.54) is 18.0 Å². The van der Waals surface area contributed by atoms with Crippen molar-refractivity contribution in [2.75, 3.05) is 13.7 Å². The van der Waals surface area contributed by atoms with E-state index >= 15 is 0 Å². The number of fused-ring (bicyclic) bond motifs is 2. The van der Waals surface area contributed by atoms with Crippen LogP contribution in [-0.2, 0) is 4.74 Å². The van der Waals surface area contributed by atoms with Gasteiger partial charge in [0.1, 0.15) is 5.56 Å². The van der Waals surface area contributed by atoms with E-state index < -0.39 is 11.6 Å². The Bertz CT molecular complexity index is 932. The average molecular weight is 472 g/mol. The largest absolute Gasteiger partial charge is 0.477 e. The van der Waals surface area contributed by atoms with Crippen LogP contribution < -0.4 is 15.4 Å². The molecule has 2 aliphatic carbocycles.